The van der Waals surface area contributed by atoms with Crippen LogP contribution in [0.4, 0.5) is 13.2 Å². The molecule has 0 aliphatic heterocycles. The number of halogens is 3. The summed E-state index contributed by atoms with van der Waals surface area (Å²) in [7, 11) is 0. The van der Waals surface area contributed by atoms with E-state index in [1.165, 1.54) is 18.2 Å². The largest absolute Gasteiger partial charge is 0.491 e. The van der Waals surface area contributed by atoms with Crippen LogP contribution in [0.15, 0.2) is 54.6 Å². The van der Waals surface area contributed by atoms with Gasteiger partial charge < -0.3 is 9.47 Å². The molecule has 0 aliphatic carbocycles. The van der Waals surface area contributed by atoms with E-state index in [0.717, 1.165) is 5.56 Å². The molecule has 0 unspecified atom stereocenters. The Morgan fingerprint density at radius 3 is 2.22 bits per heavy atom. The number of aryl methyl sites for hydroxylation is 1. The smallest absolute Gasteiger partial charge is 0.201 e. The molecule has 0 aliphatic rings. The summed E-state index contributed by atoms with van der Waals surface area (Å²) in [4.78, 5) is 0. The van der Waals surface area contributed by atoms with E-state index in [2.05, 4.69) is 0 Å². The maximum atomic E-state index is 14.3. The Morgan fingerprint density at radius 2 is 1.56 bits per heavy atom. The fraction of sp³-hybridized carbons (Fsp3) is 0.182. The van der Waals surface area contributed by atoms with Crippen molar-refractivity contribution in [3.63, 3.8) is 0 Å². The van der Waals surface area contributed by atoms with Gasteiger partial charge in [0.15, 0.2) is 11.6 Å². The van der Waals surface area contributed by atoms with Crippen molar-refractivity contribution in [3.8, 4) is 22.6 Å². The standard InChI is InChI=1S/C22H19F3O2/c1-3-26-20-11-10-18(21(24)22(20)25)15-6-8-17(9-7-15)27-13-16-5-4-14(2)12-19(16)23/h4-12H,3,13H2,1-2H3. The average Bonchev–Trinajstić information content (AvgIpc) is 2.66. The van der Waals surface area contributed by atoms with Crippen molar-refractivity contribution >= 4 is 0 Å². The van der Waals surface area contributed by atoms with E-state index in [1.54, 1.807) is 37.3 Å². The van der Waals surface area contributed by atoms with Gasteiger partial charge in [-0.2, -0.15) is 4.39 Å². The SMILES string of the molecule is CCOc1ccc(-c2ccc(OCc3ccc(C)cc3F)cc2)c(F)c1F. The van der Waals surface area contributed by atoms with E-state index >= 15 is 0 Å². The van der Waals surface area contributed by atoms with Gasteiger partial charge in [-0.3, -0.25) is 0 Å². The predicted octanol–water partition coefficient (Wildman–Crippen LogP) is 6.06. The van der Waals surface area contributed by atoms with Crippen LogP contribution in [0, 0.1) is 24.4 Å². The van der Waals surface area contributed by atoms with Gasteiger partial charge in [0.2, 0.25) is 5.82 Å². The first-order valence-electron chi connectivity index (χ1n) is 8.58. The highest BCUT2D eigenvalue weighted by Gasteiger charge is 2.15. The molecular weight excluding hydrogens is 353 g/mol. The lowest BCUT2D eigenvalue weighted by Gasteiger charge is -2.11. The predicted molar refractivity (Wildman–Crippen MR) is 98.4 cm³/mol. The first kappa shape index (κ1) is 18.8. The molecule has 3 rings (SSSR count). The van der Waals surface area contributed by atoms with Crippen molar-refractivity contribution in [2.75, 3.05) is 6.61 Å². The molecule has 0 atom stereocenters. The summed E-state index contributed by atoms with van der Waals surface area (Å²) in [6.45, 7) is 3.85. The minimum atomic E-state index is -1.01. The van der Waals surface area contributed by atoms with Crippen LogP contribution in [-0.4, -0.2) is 6.61 Å². The second-order valence-corrected chi connectivity index (χ2v) is 6.08. The Labute approximate surface area is 156 Å². The molecule has 3 aromatic rings. The van der Waals surface area contributed by atoms with Crippen molar-refractivity contribution < 1.29 is 22.6 Å². The zero-order valence-electron chi connectivity index (χ0n) is 15.1. The van der Waals surface area contributed by atoms with Gasteiger partial charge in [-0.1, -0.05) is 24.3 Å². The van der Waals surface area contributed by atoms with E-state index < -0.39 is 11.6 Å². The molecule has 5 heteroatoms. The highest BCUT2D eigenvalue weighted by molar-refractivity contribution is 5.66. The fourth-order valence-electron chi connectivity index (χ4n) is 2.68. The number of rotatable bonds is 6. The molecule has 2 nitrogen and oxygen atoms in total. The molecule has 140 valence electrons. The quantitative estimate of drug-likeness (QED) is 0.524. The van der Waals surface area contributed by atoms with Crippen molar-refractivity contribution in [1.29, 1.82) is 0 Å². The zero-order chi connectivity index (χ0) is 19.4. The maximum absolute atomic E-state index is 14.3. The molecule has 0 aromatic heterocycles. The molecular formula is C22H19F3O2. The molecule has 0 N–H and O–H groups in total. The second kappa shape index (κ2) is 8.16. The minimum Gasteiger partial charge on any atom is -0.491 e. The highest BCUT2D eigenvalue weighted by atomic mass is 19.2. The molecule has 0 fully saturated rings. The van der Waals surface area contributed by atoms with Crippen LogP contribution in [0.3, 0.4) is 0 Å². The molecule has 0 amide bonds. The first-order valence-corrected chi connectivity index (χ1v) is 8.58. The zero-order valence-corrected chi connectivity index (χ0v) is 15.1. The van der Waals surface area contributed by atoms with Crippen LogP contribution < -0.4 is 9.47 Å². The Hall–Kier alpha value is -2.95. The molecule has 3 aromatic carbocycles. The van der Waals surface area contributed by atoms with Crippen LogP contribution >= 0.6 is 0 Å². The van der Waals surface area contributed by atoms with Gasteiger partial charge in [-0.05, 0) is 55.3 Å². The highest BCUT2D eigenvalue weighted by Crippen LogP contribution is 2.31. The van der Waals surface area contributed by atoms with Gasteiger partial charge in [-0.15, -0.1) is 0 Å². The molecule has 0 saturated heterocycles. The summed E-state index contributed by atoms with van der Waals surface area (Å²) >= 11 is 0. The van der Waals surface area contributed by atoms with Gasteiger partial charge in [-0.25, -0.2) is 8.78 Å². The summed E-state index contributed by atoms with van der Waals surface area (Å²) in [5.41, 5.74) is 1.92. The Morgan fingerprint density at radius 1 is 0.815 bits per heavy atom. The van der Waals surface area contributed by atoms with Crippen molar-refractivity contribution in [3.05, 3.63) is 83.2 Å². The molecule has 0 bridgehead atoms. The number of benzene rings is 3. The monoisotopic (exact) mass is 372 g/mol. The van der Waals surface area contributed by atoms with Gasteiger partial charge >= 0.3 is 0 Å². The van der Waals surface area contributed by atoms with E-state index in [1.807, 2.05) is 13.0 Å². The Balaban J connectivity index is 1.74. The normalized spacial score (nSPS) is 10.7. The summed E-state index contributed by atoms with van der Waals surface area (Å²) in [5, 5.41) is 0. The van der Waals surface area contributed by atoms with Crippen LogP contribution in [0.5, 0.6) is 11.5 Å². The molecule has 0 heterocycles. The third kappa shape index (κ3) is 4.25. The Bertz CT molecular complexity index is 937. The molecule has 0 spiro atoms. The lowest BCUT2D eigenvalue weighted by molar-refractivity contribution is 0.300. The van der Waals surface area contributed by atoms with E-state index in [-0.39, 0.29) is 30.3 Å². The van der Waals surface area contributed by atoms with Crippen LogP contribution in [-0.2, 0) is 6.61 Å². The van der Waals surface area contributed by atoms with Crippen molar-refractivity contribution in [1.82, 2.24) is 0 Å². The van der Waals surface area contributed by atoms with Gasteiger partial charge in [0, 0.05) is 11.1 Å². The van der Waals surface area contributed by atoms with Crippen molar-refractivity contribution in [2.24, 2.45) is 0 Å². The van der Waals surface area contributed by atoms with Gasteiger partial charge in [0.25, 0.3) is 0 Å². The number of hydrogen-bond acceptors (Lipinski definition) is 2. The maximum Gasteiger partial charge on any atom is 0.201 e. The fourth-order valence-corrected chi connectivity index (χ4v) is 2.68. The van der Waals surface area contributed by atoms with Crippen LogP contribution in [0.1, 0.15) is 18.1 Å². The molecule has 0 radical (unpaired) electrons. The minimum absolute atomic E-state index is 0.0809. The lowest BCUT2D eigenvalue weighted by Crippen LogP contribution is -1.99. The van der Waals surface area contributed by atoms with Gasteiger partial charge in [0.1, 0.15) is 18.2 Å². The average molecular weight is 372 g/mol. The third-order valence-corrected chi connectivity index (χ3v) is 4.11. The molecule has 27 heavy (non-hydrogen) atoms. The lowest BCUT2D eigenvalue weighted by atomic mass is 10.0. The summed E-state index contributed by atoms with van der Waals surface area (Å²) < 4.78 is 52.8. The topological polar surface area (TPSA) is 18.5 Å². The second-order valence-electron chi connectivity index (χ2n) is 6.08. The first-order chi connectivity index (χ1) is 13.0. The van der Waals surface area contributed by atoms with Crippen molar-refractivity contribution in [2.45, 2.75) is 20.5 Å². The van der Waals surface area contributed by atoms with Gasteiger partial charge in [0.05, 0.1) is 6.61 Å². The van der Waals surface area contributed by atoms with Crippen LogP contribution in [0.25, 0.3) is 11.1 Å². The van der Waals surface area contributed by atoms with E-state index in [9.17, 15) is 13.2 Å². The summed E-state index contributed by atoms with van der Waals surface area (Å²) in [6.07, 6.45) is 0. The van der Waals surface area contributed by atoms with Crippen LogP contribution in [0.2, 0.25) is 0 Å². The molecule has 0 saturated carbocycles. The number of ether oxygens (including phenoxy) is 2. The van der Waals surface area contributed by atoms with E-state index in [4.69, 9.17) is 9.47 Å². The summed E-state index contributed by atoms with van der Waals surface area (Å²) in [6, 6.07) is 14.3. The third-order valence-electron chi connectivity index (χ3n) is 4.11. The Kier molecular flexibility index (Phi) is 5.69. The summed E-state index contributed by atoms with van der Waals surface area (Å²) in [5.74, 6) is -1.90. The number of hydrogen-bond donors (Lipinski definition) is 0. The van der Waals surface area contributed by atoms with E-state index in [0.29, 0.717) is 16.9 Å².